The highest BCUT2D eigenvalue weighted by Gasteiger charge is 2.05. The lowest BCUT2D eigenvalue weighted by Gasteiger charge is -2.09. The van der Waals surface area contributed by atoms with Crippen molar-refractivity contribution < 1.29 is 0 Å². The highest BCUT2D eigenvalue weighted by atomic mass is 79.9. The maximum atomic E-state index is 4.51. The predicted octanol–water partition coefficient (Wildman–Crippen LogP) is 5.28. The fraction of sp³-hybridized carbons (Fsp3) is 0. The molecule has 26 heavy (non-hydrogen) atoms. The number of benzene rings is 2. The van der Waals surface area contributed by atoms with Crippen molar-refractivity contribution in [2.75, 3.05) is 5.32 Å². The molecule has 0 spiro atoms. The molecule has 0 aliphatic heterocycles. The Bertz CT molecular complexity index is 1080. The minimum atomic E-state index is 0.739. The van der Waals surface area contributed by atoms with Gasteiger partial charge in [-0.1, -0.05) is 28.1 Å². The van der Waals surface area contributed by atoms with Crippen LogP contribution in [0.15, 0.2) is 82.7 Å². The van der Waals surface area contributed by atoms with Crippen LogP contribution in [0.25, 0.3) is 10.9 Å². The summed E-state index contributed by atoms with van der Waals surface area (Å²) in [4.78, 5) is 17.5. The van der Waals surface area contributed by atoms with Crippen molar-refractivity contribution in [3.8, 4) is 0 Å². The number of fused-ring (bicyclic) bond motifs is 1. The number of anilines is 2. The van der Waals surface area contributed by atoms with Gasteiger partial charge in [0, 0.05) is 21.7 Å². The molecule has 0 aliphatic rings. The third-order valence-corrected chi connectivity index (χ3v) is 4.23. The molecule has 0 aliphatic carbocycles. The van der Waals surface area contributed by atoms with E-state index in [0.717, 1.165) is 38.3 Å². The van der Waals surface area contributed by atoms with Gasteiger partial charge >= 0.3 is 0 Å². The molecule has 5 nitrogen and oxygen atoms in total. The molecule has 4 rings (SSSR count). The van der Waals surface area contributed by atoms with Gasteiger partial charge in [0.05, 0.1) is 23.1 Å². The van der Waals surface area contributed by atoms with Crippen molar-refractivity contribution >= 4 is 50.2 Å². The number of halogens is 1. The summed E-state index contributed by atoms with van der Waals surface area (Å²) in [6.45, 7) is 0. The van der Waals surface area contributed by atoms with Crippen molar-refractivity contribution in [3.63, 3.8) is 0 Å². The smallest absolute Gasteiger partial charge is 0.141 e. The van der Waals surface area contributed by atoms with Crippen molar-refractivity contribution in [2.24, 2.45) is 4.99 Å². The van der Waals surface area contributed by atoms with Crippen LogP contribution >= 0.6 is 15.9 Å². The molecule has 0 fully saturated rings. The molecule has 4 aromatic rings. The second-order valence-electron chi connectivity index (χ2n) is 5.57. The molecule has 2 aromatic heterocycles. The Hall–Kier alpha value is -3.12. The Morgan fingerprint density at radius 3 is 2.73 bits per heavy atom. The van der Waals surface area contributed by atoms with Crippen LogP contribution in [0.1, 0.15) is 5.69 Å². The van der Waals surface area contributed by atoms with Crippen molar-refractivity contribution in [2.45, 2.75) is 0 Å². The lowest BCUT2D eigenvalue weighted by molar-refractivity contribution is 1.22. The molecule has 6 heteroatoms. The number of aliphatic imine (C=N–C) groups is 1. The number of aromatic nitrogens is 3. The van der Waals surface area contributed by atoms with Gasteiger partial charge in [-0.2, -0.15) is 0 Å². The number of rotatable bonds is 4. The van der Waals surface area contributed by atoms with Crippen molar-refractivity contribution in [1.29, 1.82) is 0 Å². The topological polar surface area (TPSA) is 63.1 Å². The zero-order chi connectivity index (χ0) is 17.8. The van der Waals surface area contributed by atoms with Gasteiger partial charge < -0.3 is 5.32 Å². The highest BCUT2D eigenvalue weighted by molar-refractivity contribution is 9.10. The van der Waals surface area contributed by atoms with Gasteiger partial charge in [0.1, 0.15) is 12.1 Å². The van der Waals surface area contributed by atoms with Gasteiger partial charge in [0.2, 0.25) is 0 Å². The van der Waals surface area contributed by atoms with E-state index in [4.69, 9.17) is 0 Å². The van der Waals surface area contributed by atoms with Gasteiger partial charge in [-0.25, -0.2) is 9.97 Å². The van der Waals surface area contributed by atoms with Crippen molar-refractivity contribution in [1.82, 2.24) is 15.0 Å². The van der Waals surface area contributed by atoms with Crippen LogP contribution in [-0.4, -0.2) is 21.2 Å². The van der Waals surface area contributed by atoms with Crippen LogP contribution in [0.4, 0.5) is 17.2 Å². The van der Waals surface area contributed by atoms with E-state index >= 15 is 0 Å². The lowest BCUT2D eigenvalue weighted by atomic mass is 10.2. The number of nitrogens with zero attached hydrogens (tertiary/aromatic N) is 4. The van der Waals surface area contributed by atoms with E-state index in [1.165, 1.54) is 0 Å². The van der Waals surface area contributed by atoms with Crippen LogP contribution in [-0.2, 0) is 0 Å². The summed E-state index contributed by atoms with van der Waals surface area (Å²) in [5.41, 5.74) is 3.43. The zero-order valence-electron chi connectivity index (χ0n) is 13.7. The first-order chi connectivity index (χ1) is 12.8. The summed E-state index contributed by atoms with van der Waals surface area (Å²) in [7, 11) is 0. The maximum absolute atomic E-state index is 4.51. The van der Waals surface area contributed by atoms with Crippen LogP contribution in [0.5, 0.6) is 0 Å². The average Bonchev–Trinajstić information content (AvgIpc) is 2.67. The van der Waals surface area contributed by atoms with Gasteiger partial charge in [0.25, 0.3) is 0 Å². The first-order valence-electron chi connectivity index (χ1n) is 8.00. The number of pyridine rings is 1. The van der Waals surface area contributed by atoms with E-state index in [1.807, 2.05) is 60.7 Å². The molecule has 2 aromatic carbocycles. The molecule has 0 saturated carbocycles. The minimum absolute atomic E-state index is 0.739. The van der Waals surface area contributed by atoms with Gasteiger partial charge in [-0.3, -0.25) is 9.98 Å². The van der Waals surface area contributed by atoms with Gasteiger partial charge in [-0.05, 0) is 48.5 Å². The number of hydrogen-bond donors (Lipinski definition) is 1. The first kappa shape index (κ1) is 16.4. The van der Waals surface area contributed by atoms with Crippen LogP contribution in [0.2, 0.25) is 0 Å². The van der Waals surface area contributed by atoms with Crippen LogP contribution in [0.3, 0.4) is 0 Å². The van der Waals surface area contributed by atoms with Crippen LogP contribution < -0.4 is 5.32 Å². The Morgan fingerprint density at radius 1 is 0.923 bits per heavy atom. The molecule has 0 bridgehead atoms. The second kappa shape index (κ2) is 7.41. The van der Waals surface area contributed by atoms with E-state index < -0.39 is 0 Å². The van der Waals surface area contributed by atoms with Gasteiger partial charge in [-0.15, -0.1) is 0 Å². The Balaban J connectivity index is 1.69. The fourth-order valence-electron chi connectivity index (χ4n) is 2.52. The fourth-order valence-corrected chi connectivity index (χ4v) is 2.92. The molecule has 0 saturated heterocycles. The van der Waals surface area contributed by atoms with Gasteiger partial charge in [0.15, 0.2) is 0 Å². The predicted molar refractivity (Wildman–Crippen MR) is 108 cm³/mol. The summed E-state index contributed by atoms with van der Waals surface area (Å²) >= 11 is 3.48. The molecule has 0 unspecified atom stereocenters. The molecule has 1 N–H and O–H groups in total. The molecular formula is C20H14BrN5. The summed E-state index contributed by atoms with van der Waals surface area (Å²) in [5, 5.41) is 4.25. The number of nitrogens with one attached hydrogen (secondary N) is 1. The summed E-state index contributed by atoms with van der Waals surface area (Å²) in [5.74, 6) is 0.739. The second-order valence-corrected chi connectivity index (χ2v) is 6.49. The zero-order valence-corrected chi connectivity index (χ0v) is 15.3. The maximum Gasteiger partial charge on any atom is 0.141 e. The van der Waals surface area contributed by atoms with E-state index in [9.17, 15) is 0 Å². The molecule has 0 amide bonds. The monoisotopic (exact) mass is 403 g/mol. The SMILES string of the molecule is Brc1cccc(Nc2ncnc3ccc(N=Cc4ccccn4)cc23)c1. The summed E-state index contributed by atoms with van der Waals surface area (Å²) in [6.07, 6.45) is 5.04. The van der Waals surface area contributed by atoms with Crippen molar-refractivity contribution in [3.05, 3.63) is 83.4 Å². The first-order valence-corrected chi connectivity index (χ1v) is 8.80. The largest absolute Gasteiger partial charge is 0.340 e. The minimum Gasteiger partial charge on any atom is -0.340 e. The third-order valence-electron chi connectivity index (χ3n) is 3.74. The molecule has 2 heterocycles. The summed E-state index contributed by atoms with van der Waals surface area (Å²) in [6, 6.07) is 19.5. The van der Waals surface area contributed by atoms with E-state index in [2.05, 4.69) is 41.2 Å². The quantitative estimate of drug-likeness (QED) is 0.470. The Morgan fingerprint density at radius 2 is 1.88 bits per heavy atom. The van der Waals surface area contributed by atoms with Crippen LogP contribution in [0, 0.1) is 0 Å². The molecule has 0 atom stereocenters. The molecular weight excluding hydrogens is 390 g/mol. The third kappa shape index (κ3) is 3.75. The number of hydrogen-bond acceptors (Lipinski definition) is 5. The van der Waals surface area contributed by atoms with E-state index in [-0.39, 0.29) is 0 Å². The summed E-state index contributed by atoms with van der Waals surface area (Å²) < 4.78 is 1.00. The normalized spacial score (nSPS) is 11.1. The molecule has 0 radical (unpaired) electrons. The van der Waals surface area contributed by atoms with E-state index in [1.54, 1.807) is 18.7 Å². The Labute approximate surface area is 159 Å². The standard InChI is InChI=1S/C20H14BrN5/c21-14-4-3-6-16(10-14)26-20-18-11-15(7-8-19(18)24-13-25-20)23-12-17-5-1-2-9-22-17/h1-13H,(H,24,25,26). The average molecular weight is 404 g/mol. The van der Waals surface area contributed by atoms with E-state index in [0.29, 0.717) is 0 Å². The Kier molecular flexibility index (Phi) is 4.66. The molecule has 126 valence electrons. The lowest BCUT2D eigenvalue weighted by Crippen LogP contribution is -1.95. The highest BCUT2D eigenvalue weighted by Crippen LogP contribution is 2.27.